The number of ketones is 1. The van der Waals surface area contributed by atoms with E-state index >= 15 is 0 Å². The Balaban J connectivity index is 1.60. The van der Waals surface area contributed by atoms with Gasteiger partial charge in [-0.2, -0.15) is 0 Å². The number of rotatable bonds is 4. The number of likely N-dealkylation sites (tertiary alicyclic amines) is 1. The standard InChI is InChI=1S/C24H20N2O5/c1-14-11-17-12-16(4-5-18(17)31-14)22(27)20-21(19-3-2-10-30-19)26(24(29)23(20)28)13-15-6-8-25-9-7-15/h2-10,12,14,21,27H,11,13H2,1H3/t14-,21-/m1/s1. The molecule has 4 heterocycles. The van der Waals surface area contributed by atoms with Crippen molar-refractivity contribution in [1.82, 2.24) is 9.88 Å². The average Bonchev–Trinajstić information content (AvgIpc) is 3.48. The van der Waals surface area contributed by atoms with Crippen LogP contribution in [0.1, 0.15) is 35.4 Å². The van der Waals surface area contributed by atoms with Gasteiger partial charge < -0.3 is 19.2 Å². The van der Waals surface area contributed by atoms with Crippen LogP contribution in [0.25, 0.3) is 5.76 Å². The Labute approximate surface area is 178 Å². The van der Waals surface area contributed by atoms with Gasteiger partial charge in [0.1, 0.15) is 29.4 Å². The summed E-state index contributed by atoms with van der Waals surface area (Å²) in [5.41, 5.74) is 2.25. The van der Waals surface area contributed by atoms with E-state index in [-0.39, 0.29) is 24.0 Å². The van der Waals surface area contributed by atoms with Crippen LogP contribution in [0.15, 0.2) is 71.1 Å². The molecular formula is C24H20N2O5. The van der Waals surface area contributed by atoms with Gasteiger partial charge in [-0.1, -0.05) is 0 Å². The summed E-state index contributed by atoms with van der Waals surface area (Å²) in [5, 5.41) is 11.1. The number of Topliss-reactive ketones (excluding diaryl/α,β-unsaturated/α-hetero) is 1. The molecule has 31 heavy (non-hydrogen) atoms. The summed E-state index contributed by atoms with van der Waals surface area (Å²) >= 11 is 0. The number of pyridine rings is 1. The lowest BCUT2D eigenvalue weighted by atomic mass is 9.97. The zero-order chi connectivity index (χ0) is 21.5. The molecule has 1 saturated heterocycles. The molecule has 2 aliphatic heterocycles. The van der Waals surface area contributed by atoms with Crippen LogP contribution in [-0.4, -0.2) is 32.8 Å². The number of carbonyl (C=O) groups excluding carboxylic acids is 2. The molecule has 0 spiro atoms. The number of aliphatic hydroxyl groups excluding tert-OH is 1. The molecule has 0 bridgehead atoms. The molecule has 2 aliphatic rings. The first-order chi connectivity index (χ1) is 15.0. The molecule has 7 nitrogen and oxygen atoms in total. The van der Waals surface area contributed by atoms with Crippen LogP contribution in [0.4, 0.5) is 0 Å². The minimum atomic E-state index is -0.827. The largest absolute Gasteiger partial charge is 0.507 e. The minimum absolute atomic E-state index is 0.0147. The monoisotopic (exact) mass is 416 g/mol. The second-order valence-corrected chi connectivity index (χ2v) is 7.75. The Morgan fingerprint density at radius 2 is 2.00 bits per heavy atom. The highest BCUT2D eigenvalue weighted by Gasteiger charge is 2.47. The first-order valence-corrected chi connectivity index (χ1v) is 10.0. The second kappa shape index (κ2) is 7.43. The number of aliphatic hydroxyl groups is 1. The van der Waals surface area contributed by atoms with Crippen LogP contribution in [0.2, 0.25) is 0 Å². The highest BCUT2D eigenvalue weighted by molar-refractivity contribution is 6.46. The maximum Gasteiger partial charge on any atom is 0.296 e. The highest BCUT2D eigenvalue weighted by Crippen LogP contribution is 2.41. The van der Waals surface area contributed by atoms with Crippen molar-refractivity contribution < 1.29 is 23.8 Å². The Morgan fingerprint density at radius 3 is 2.74 bits per heavy atom. The maximum absolute atomic E-state index is 13.0. The first kappa shape index (κ1) is 19.1. The van der Waals surface area contributed by atoms with Gasteiger partial charge in [0.25, 0.3) is 11.7 Å². The number of aromatic nitrogens is 1. The third kappa shape index (κ3) is 3.28. The molecule has 0 saturated carbocycles. The zero-order valence-electron chi connectivity index (χ0n) is 16.8. The lowest BCUT2D eigenvalue weighted by molar-refractivity contribution is -0.140. The number of fused-ring (bicyclic) bond motifs is 1. The van der Waals surface area contributed by atoms with Crippen molar-refractivity contribution in [1.29, 1.82) is 0 Å². The molecule has 2 aromatic heterocycles. The van der Waals surface area contributed by atoms with Gasteiger partial charge in [0, 0.05) is 30.9 Å². The normalized spacial score (nSPS) is 21.9. The summed E-state index contributed by atoms with van der Waals surface area (Å²) < 4.78 is 11.3. The van der Waals surface area contributed by atoms with E-state index in [1.807, 2.05) is 13.0 Å². The molecule has 156 valence electrons. The van der Waals surface area contributed by atoms with E-state index in [2.05, 4.69) is 4.98 Å². The summed E-state index contributed by atoms with van der Waals surface area (Å²) in [6, 6.07) is 11.4. The van der Waals surface area contributed by atoms with E-state index in [9.17, 15) is 14.7 Å². The van der Waals surface area contributed by atoms with E-state index in [1.54, 1.807) is 48.8 Å². The third-order valence-corrected chi connectivity index (χ3v) is 5.62. The van der Waals surface area contributed by atoms with Gasteiger partial charge in [-0.25, -0.2) is 0 Å². The maximum atomic E-state index is 13.0. The number of furan rings is 1. The quantitative estimate of drug-likeness (QED) is 0.397. The van der Waals surface area contributed by atoms with Gasteiger partial charge in [0.05, 0.1) is 11.8 Å². The van der Waals surface area contributed by atoms with Crippen molar-refractivity contribution in [2.75, 3.05) is 0 Å². The summed E-state index contributed by atoms with van der Waals surface area (Å²) in [7, 11) is 0. The van der Waals surface area contributed by atoms with Crippen LogP contribution in [0.5, 0.6) is 5.75 Å². The van der Waals surface area contributed by atoms with Crippen LogP contribution in [0.3, 0.4) is 0 Å². The van der Waals surface area contributed by atoms with Crippen LogP contribution in [0, 0.1) is 0 Å². The van der Waals surface area contributed by atoms with Crippen LogP contribution < -0.4 is 4.74 Å². The molecule has 0 radical (unpaired) electrons. The molecule has 7 heteroatoms. The van der Waals surface area contributed by atoms with Crippen molar-refractivity contribution in [3.8, 4) is 5.75 Å². The van der Waals surface area contributed by atoms with Gasteiger partial charge in [-0.05, 0) is 60.5 Å². The van der Waals surface area contributed by atoms with Gasteiger partial charge >= 0.3 is 0 Å². The van der Waals surface area contributed by atoms with Gasteiger partial charge in [0.15, 0.2) is 0 Å². The molecule has 5 rings (SSSR count). The summed E-state index contributed by atoms with van der Waals surface area (Å²) in [5.74, 6) is -0.465. The minimum Gasteiger partial charge on any atom is -0.507 e. The fourth-order valence-electron chi connectivity index (χ4n) is 4.20. The number of carbonyl (C=O) groups is 2. The molecule has 0 unspecified atom stereocenters. The van der Waals surface area contributed by atoms with E-state index in [0.717, 1.165) is 16.9 Å². The van der Waals surface area contributed by atoms with Gasteiger partial charge in [-0.3, -0.25) is 14.6 Å². The third-order valence-electron chi connectivity index (χ3n) is 5.62. The summed E-state index contributed by atoms with van der Waals surface area (Å²) in [4.78, 5) is 31.4. The van der Waals surface area contributed by atoms with E-state index in [4.69, 9.17) is 9.15 Å². The molecule has 2 atom stereocenters. The number of ether oxygens (including phenoxy) is 1. The Hall–Kier alpha value is -3.87. The fourth-order valence-corrected chi connectivity index (χ4v) is 4.20. The molecular weight excluding hydrogens is 396 g/mol. The Kier molecular flexibility index (Phi) is 4.58. The summed E-state index contributed by atoms with van der Waals surface area (Å²) in [6.45, 7) is 2.16. The fraction of sp³-hybridized carbons (Fsp3) is 0.208. The lowest BCUT2D eigenvalue weighted by Gasteiger charge is -2.23. The molecule has 0 aliphatic carbocycles. The van der Waals surface area contributed by atoms with Crippen LogP contribution in [-0.2, 0) is 22.6 Å². The number of nitrogens with zero attached hydrogens (tertiary/aromatic N) is 2. The number of hydrogen-bond donors (Lipinski definition) is 1. The number of hydrogen-bond acceptors (Lipinski definition) is 6. The molecule has 3 aromatic rings. The summed E-state index contributed by atoms with van der Waals surface area (Å²) in [6.07, 6.45) is 5.51. The van der Waals surface area contributed by atoms with Crippen molar-refractivity contribution in [2.24, 2.45) is 0 Å². The van der Waals surface area contributed by atoms with Gasteiger partial charge in [0.2, 0.25) is 0 Å². The molecule has 1 aromatic carbocycles. The SMILES string of the molecule is C[C@@H]1Cc2cc(C(O)=C3C(=O)C(=O)N(Cc4ccncc4)[C@@H]3c3ccco3)ccc2O1. The molecule has 1 N–H and O–H groups in total. The number of benzene rings is 1. The van der Waals surface area contributed by atoms with Crippen molar-refractivity contribution in [3.05, 3.63) is 89.1 Å². The Bertz CT molecular complexity index is 1180. The van der Waals surface area contributed by atoms with E-state index in [1.165, 1.54) is 11.2 Å². The average molecular weight is 416 g/mol. The van der Waals surface area contributed by atoms with Gasteiger partial charge in [-0.15, -0.1) is 0 Å². The van der Waals surface area contributed by atoms with Crippen molar-refractivity contribution in [3.63, 3.8) is 0 Å². The predicted molar refractivity (Wildman–Crippen MR) is 111 cm³/mol. The topological polar surface area (TPSA) is 92.9 Å². The molecule has 1 fully saturated rings. The zero-order valence-corrected chi connectivity index (χ0v) is 16.8. The lowest BCUT2D eigenvalue weighted by Crippen LogP contribution is -2.29. The smallest absolute Gasteiger partial charge is 0.296 e. The van der Waals surface area contributed by atoms with Crippen LogP contribution >= 0.6 is 0 Å². The van der Waals surface area contributed by atoms with E-state index < -0.39 is 17.7 Å². The predicted octanol–water partition coefficient (Wildman–Crippen LogP) is 3.62. The Morgan fingerprint density at radius 1 is 1.19 bits per heavy atom. The first-order valence-electron chi connectivity index (χ1n) is 10.0. The second-order valence-electron chi connectivity index (χ2n) is 7.75. The highest BCUT2D eigenvalue weighted by atomic mass is 16.5. The number of amides is 1. The van der Waals surface area contributed by atoms with E-state index in [0.29, 0.717) is 17.7 Å². The van der Waals surface area contributed by atoms with Crippen molar-refractivity contribution in [2.45, 2.75) is 32.0 Å². The molecule has 1 amide bonds. The van der Waals surface area contributed by atoms with Crippen molar-refractivity contribution >= 4 is 17.4 Å².